The first-order valence-electron chi connectivity index (χ1n) is 7.60. The van der Waals surface area contributed by atoms with E-state index in [-0.39, 0.29) is 0 Å². The van der Waals surface area contributed by atoms with Crippen LogP contribution in [0.3, 0.4) is 0 Å². The molecule has 108 valence electrons. The van der Waals surface area contributed by atoms with Crippen molar-refractivity contribution >= 4 is 33.3 Å². The zero-order chi connectivity index (χ0) is 13.8. The van der Waals surface area contributed by atoms with Gasteiger partial charge in [-0.25, -0.2) is 4.98 Å². The van der Waals surface area contributed by atoms with Gasteiger partial charge in [0.05, 0.1) is 5.39 Å². The minimum atomic E-state index is 0.730. The molecule has 5 heteroatoms. The molecule has 3 rings (SSSR count). The van der Waals surface area contributed by atoms with E-state index in [2.05, 4.69) is 39.0 Å². The molecule has 2 heterocycles. The van der Waals surface area contributed by atoms with Crippen LogP contribution >= 0.6 is 11.3 Å². The SMILES string of the molecule is CCNc1nc(NCC2CCCCC2)c2ccsc2n1. The second-order valence-corrected chi connectivity index (χ2v) is 6.35. The highest BCUT2D eigenvalue weighted by atomic mass is 32.1. The van der Waals surface area contributed by atoms with Crippen molar-refractivity contribution in [3.05, 3.63) is 11.4 Å². The van der Waals surface area contributed by atoms with Gasteiger partial charge < -0.3 is 10.6 Å². The largest absolute Gasteiger partial charge is 0.369 e. The molecule has 0 radical (unpaired) electrons. The number of hydrogen-bond donors (Lipinski definition) is 2. The smallest absolute Gasteiger partial charge is 0.226 e. The van der Waals surface area contributed by atoms with Crippen molar-refractivity contribution in [2.24, 2.45) is 5.92 Å². The lowest BCUT2D eigenvalue weighted by molar-refractivity contribution is 0.373. The number of fused-ring (bicyclic) bond motifs is 1. The third-order valence-electron chi connectivity index (χ3n) is 3.94. The van der Waals surface area contributed by atoms with Crippen molar-refractivity contribution in [3.63, 3.8) is 0 Å². The molecule has 0 bridgehead atoms. The number of thiophene rings is 1. The maximum absolute atomic E-state index is 4.62. The van der Waals surface area contributed by atoms with Crippen LogP contribution in [0.2, 0.25) is 0 Å². The van der Waals surface area contributed by atoms with Gasteiger partial charge in [-0.3, -0.25) is 0 Å². The third kappa shape index (κ3) is 3.03. The highest BCUT2D eigenvalue weighted by molar-refractivity contribution is 7.16. The molecule has 4 nitrogen and oxygen atoms in total. The Bertz CT molecular complexity index is 560. The van der Waals surface area contributed by atoms with Gasteiger partial charge in [-0.05, 0) is 37.1 Å². The zero-order valence-electron chi connectivity index (χ0n) is 12.0. The van der Waals surface area contributed by atoms with Crippen molar-refractivity contribution in [1.82, 2.24) is 9.97 Å². The predicted molar refractivity (Wildman–Crippen MR) is 86.6 cm³/mol. The number of aromatic nitrogens is 2. The fraction of sp³-hybridized carbons (Fsp3) is 0.600. The van der Waals surface area contributed by atoms with Gasteiger partial charge in [0.25, 0.3) is 0 Å². The van der Waals surface area contributed by atoms with Crippen molar-refractivity contribution < 1.29 is 0 Å². The Morgan fingerprint density at radius 3 is 2.85 bits per heavy atom. The maximum Gasteiger partial charge on any atom is 0.226 e. The minimum Gasteiger partial charge on any atom is -0.369 e. The van der Waals surface area contributed by atoms with Crippen molar-refractivity contribution in [2.45, 2.75) is 39.0 Å². The monoisotopic (exact) mass is 290 g/mol. The van der Waals surface area contributed by atoms with Crippen LogP contribution in [0.1, 0.15) is 39.0 Å². The van der Waals surface area contributed by atoms with E-state index in [1.807, 2.05) is 0 Å². The standard InChI is InChI=1S/C15H22N4S/c1-2-16-15-18-13(12-8-9-20-14(12)19-15)17-10-11-6-4-3-5-7-11/h8-9,11H,2-7,10H2,1H3,(H2,16,17,18,19). The minimum absolute atomic E-state index is 0.730. The lowest BCUT2D eigenvalue weighted by Crippen LogP contribution is -2.18. The number of nitrogens with one attached hydrogen (secondary N) is 2. The molecule has 0 amide bonds. The summed E-state index contributed by atoms with van der Waals surface area (Å²) in [6.45, 7) is 3.95. The van der Waals surface area contributed by atoms with E-state index >= 15 is 0 Å². The molecule has 20 heavy (non-hydrogen) atoms. The van der Waals surface area contributed by atoms with Gasteiger partial charge in [0.1, 0.15) is 10.6 Å². The summed E-state index contributed by atoms with van der Waals surface area (Å²) < 4.78 is 0. The summed E-state index contributed by atoms with van der Waals surface area (Å²) in [6.07, 6.45) is 6.87. The fourth-order valence-corrected chi connectivity index (χ4v) is 3.62. The lowest BCUT2D eigenvalue weighted by Gasteiger charge is -2.22. The highest BCUT2D eigenvalue weighted by Crippen LogP contribution is 2.28. The molecule has 2 aromatic rings. The summed E-state index contributed by atoms with van der Waals surface area (Å²) in [5.74, 6) is 2.52. The van der Waals surface area contributed by atoms with Gasteiger partial charge in [0.15, 0.2) is 0 Å². The molecular formula is C15H22N4S. The highest BCUT2D eigenvalue weighted by Gasteiger charge is 2.15. The summed E-state index contributed by atoms with van der Waals surface area (Å²) in [6, 6.07) is 2.11. The van der Waals surface area contributed by atoms with Gasteiger partial charge in [-0.1, -0.05) is 19.3 Å². The van der Waals surface area contributed by atoms with Crippen LogP contribution < -0.4 is 10.6 Å². The first-order chi connectivity index (χ1) is 9.86. The average molecular weight is 290 g/mol. The first kappa shape index (κ1) is 13.6. The number of hydrogen-bond acceptors (Lipinski definition) is 5. The van der Waals surface area contributed by atoms with Gasteiger partial charge in [-0.2, -0.15) is 4.98 Å². The van der Waals surface area contributed by atoms with Crippen molar-refractivity contribution in [1.29, 1.82) is 0 Å². The molecular weight excluding hydrogens is 268 g/mol. The Hall–Kier alpha value is -1.36. The Morgan fingerprint density at radius 1 is 1.20 bits per heavy atom. The second kappa shape index (κ2) is 6.39. The molecule has 2 N–H and O–H groups in total. The van der Waals surface area contributed by atoms with E-state index in [4.69, 9.17) is 0 Å². The molecule has 0 aromatic carbocycles. The van der Waals surface area contributed by atoms with Crippen molar-refractivity contribution in [3.8, 4) is 0 Å². The van der Waals surface area contributed by atoms with Gasteiger partial charge in [-0.15, -0.1) is 11.3 Å². The van der Waals surface area contributed by atoms with Gasteiger partial charge in [0.2, 0.25) is 5.95 Å². The summed E-state index contributed by atoms with van der Waals surface area (Å²) in [5, 5.41) is 10.0. The van der Waals surface area contributed by atoms with Gasteiger partial charge >= 0.3 is 0 Å². The van der Waals surface area contributed by atoms with Crippen LogP contribution in [0.25, 0.3) is 10.2 Å². The molecule has 1 aliphatic rings. The maximum atomic E-state index is 4.62. The molecule has 1 aliphatic carbocycles. The molecule has 0 saturated heterocycles. The first-order valence-corrected chi connectivity index (χ1v) is 8.47. The topological polar surface area (TPSA) is 49.8 Å². The van der Waals surface area contributed by atoms with Crippen LogP contribution in [0.4, 0.5) is 11.8 Å². The Morgan fingerprint density at radius 2 is 2.05 bits per heavy atom. The molecule has 0 aliphatic heterocycles. The zero-order valence-corrected chi connectivity index (χ0v) is 12.8. The Balaban J connectivity index is 1.76. The summed E-state index contributed by atoms with van der Waals surface area (Å²) in [5.41, 5.74) is 0. The van der Waals surface area contributed by atoms with E-state index in [0.29, 0.717) is 0 Å². The van der Waals surface area contributed by atoms with Crippen LogP contribution in [-0.4, -0.2) is 23.1 Å². The van der Waals surface area contributed by atoms with Crippen molar-refractivity contribution in [2.75, 3.05) is 23.7 Å². The molecule has 0 spiro atoms. The summed E-state index contributed by atoms with van der Waals surface area (Å²) in [7, 11) is 0. The number of anilines is 2. The van der Waals surface area contributed by atoms with E-state index in [9.17, 15) is 0 Å². The van der Waals surface area contributed by atoms with E-state index in [1.54, 1.807) is 11.3 Å². The predicted octanol–water partition coefficient (Wildman–Crippen LogP) is 4.12. The van der Waals surface area contributed by atoms with Crippen LogP contribution in [-0.2, 0) is 0 Å². The molecule has 0 atom stereocenters. The quantitative estimate of drug-likeness (QED) is 0.870. The van der Waals surface area contributed by atoms with E-state index in [0.717, 1.165) is 41.0 Å². The second-order valence-electron chi connectivity index (χ2n) is 5.45. The number of nitrogens with zero attached hydrogens (tertiary/aromatic N) is 2. The normalized spacial score (nSPS) is 16.4. The number of rotatable bonds is 5. The molecule has 0 unspecified atom stereocenters. The van der Waals surface area contributed by atoms with E-state index < -0.39 is 0 Å². The summed E-state index contributed by atoms with van der Waals surface area (Å²) >= 11 is 1.67. The molecule has 2 aromatic heterocycles. The lowest BCUT2D eigenvalue weighted by atomic mass is 9.89. The Labute approximate surface area is 124 Å². The van der Waals surface area contributed by atoms with Gasteiger partial charge in [0, 0.05) is 13.1 Å². The fourth-order valence-electron chi connectivity index (χ4n) is 2.86. The average Bonchev–Trinajstić information content (AvgIpc) is 2.95. The molecule has 1 fully saturated rings. The van der Waals surface area contributed by atoms with Crippen LogP contribution in [0.5, 0.6) is 0 Å². The molecule has 1 saturated carbocycles. The summed E-state index contributed by atoms with van der Waals surface area (Å²) in [4.78, 5) is 10.2. The van der Waals surface area contributed by atoms with E-state index in [1.165, 1.54) is 32.1 Å². The Kier molecular flexibility index (Phi) is 4.35. The third-order valence-corrected chi connectivity index (χ3v) is 4.75. The van der Waals surface area contributed by atoms with Crippen LogP contribution in [0.15, 0.2) is 11.4 Å². The van der Waals surface area contributed by atoms with Crippen LogP contribution in [0, 0.1) is 5.92 Å².